The highest BCUT2D eigenvalue weighted by molar-refractivity contribution is 7.22. The van der Waals surface area contributed by atoms with Crippen molar-refractivity contribution in [2.24, 2.45) is 0 Å². The van der Waals surface area contributed by atoms with Gasteiger partial charge in [-0.1, -0.05) is 17.4 Å². The molecule has 2 rings (SSSR count). The summed E-state index contributed by atoms with van der Waals surface area (Å²) in [6, 6.07) is 3.60. The molecule has 0 fully saturated rings. The number of carbonyl (C=O) groups is 2. The Bertz CT molecular complexity index is 697. The summed E-state index contributed by atoms with van der Waals surface area (Å²) >= 11 is 0.841. The van der Waals surface area contributed by atoms with Crippen molar-refractivity contribution in [1.82, 2.24) is 4.98 Å². The van der Waals surface area contributed by atoms with E-state index in [1.54, 1.807) is 0 Å². The van der Waals surface area contributed by atoms with Crippen LogP contribution in [-0.2, 0) is 20.5 Å². The summed E-state index contributed by atoms with van der Waals surface area (Å²) in [6.45, 7) is 1.54. The fraction of sp³-hybridized carbons (Fsp3) is 0.250. The average Bonchev–Trinajstić information content (AvgIpc) is 2.79. The summed E-state index contributed by atoms with van der Waals surface area (Å²) in [5, 5.41) is 2.02. The van der Waals surface area contributed by atoms with Crippen LogP contribution >= 0.6 is 11.3 Å². The van der Waals surface area contributed by atoms with Gasteiger partial charge in [-0.15, -0.1) is 0 Å². The van der Waals surface area contributed by atoms with Gasteiger partial charge in [0.1, 0.15) is 0 Å². The molecule has 112 valence electrons. The molecule has 0 saturated heterocycles. The van der Waals surface area contributed by atoms with Crippen molar-refractivity contribution in [3.63, 3.8) is 0 Å². The van der Waals surface area contributed by atoms with Gasteiger partial charge in [0, 0.05) is 0 Å². The molecule has 0 radical (unpaired) electrons. The van der Waals surface area contributed by atoms with Crippen molar-refractivity contribution < 1.29 is 27.5 Å². The molecule has 1 aromatic carbocycles. The lowest BCUT2D eigenvalue weighted by atomic mass is 10.2. The molecule has 1 amide bonds. The third-order valence-corrected chi connectivity index (χ3v) is 3.34. The first kappa shape index (κ1) is 15.2. The lowest BCUT2D eigenvalue weighted by Gasteiger charge is -2.06. The monoisotopic (exact) mass is 318 g/mol. The van der Waals surface area contributed by atoms with E-state index in [9.17, 15) is 22.8 Å². The van der Waals surface area contributed by atoms with Crippen LogP contribution in [-0.4, -0.2) is 23.5 Å². The molecule has 1 aromatic heterocycles. The first-order valence-electron chi connectivity index (χ1n) is 5.77. The van der Waals surface area contributed by atoms with Crippen molar-refractivity contribution in [3.8, 4) is 0 Å². The van der Waals surface area contributed by atoms with Gasteiger partial charge in [0.2, 0.25) is 0 Å². The van der Waals surface area contributed by atoms with Crippen molar-refractivity contribution in [3.05, 3.63) is 23.8 Å². The van der Waals surface area contributed by atoms with E-state index in [1.165, 1.54) is 19.1 Å². The van der Waals surface area contributed by atoms with Crippen molar-refractivity contribution >= 4 is 38.6 Å². The van der Waals surface area contributed by atoms with Crippen molar-refractivity contribution in [2.75, 3.05) is 11.9 Å². The maximum atomic E-state index is 12.8. The minimum atomic E-state index is -4.55. The number of halogens is 3. The van der Waals surface area contributed by atoms with Gasteiger partial charge in [0.25, 0.3) is 0 Å². The molecular formula is C12H9F3N2O3S. The molecule has 1 heterocycles. The Labute approximate surface area is 120 Å². The zero-order valence-electron chi connectivity index (χ0n) is 10.7. The number of amides is 1. The van der Waals surface area contributed by atoms with E-state index in [1.807, 2.05) is 0 Å². The van der Waals surface area contributed by atoms with Gasteiger partial charge < -0.3 is 4.74 Å². The molecule has 21 heavy (non-hydrogen) atoms. The normalized spacial score (nSPS) is 11.4. The van der Waals surface area contributed by atoms with Gasteiger partial charge in [0.15, 0.2) is 5.13 Å². The van der Waals surface area contributed by atoms with Crippen LogP contribution in [0.4, 0.5) is 18.3 Å². The van der Waals surface area contributed by atoms with Crippen LogP contribution in [0.5, 0.6) is 0 Å². The molecule has 0 saturated carbocycles. The number of aromatic nitrogens is 1. The second-order valence-corrected chi connectivity index (χ2v) is 4.87. The number of para-hydroxylation sites is 1. The number of fused-ring (bicyclic) bond motifs is 1. The molecule has 2 aromatic rings. The van der Waals surface area contributed by atoms with Gasteiger partial charge in [0.05, 0.1) is 22.4 Å². The Morgan fingerprint density at radius 3 is 2.71 bits per heavy atom. The standard InChI is InChI=1S/C12H9F3N2O3S/c1-2-20-10(19)9(18)17-11-16-8-6(12(13,14)15)4-3-5-7(8)21-11/h3-5H,2H2,1H3,(H,16,17,18). The summed E-state index contributed by atoms with van der Waals surface area (Å²) in [4.78, 5) is 26.3. The van der Waals surface area contributed by atoms with E-state index >= 15 is 0 Å². The van der Waals surface area contributed by atoms with Crippen LogP contribution < -0.4 is 5.32 Å². The molecular weight excluding hydrogens is 309 g/mol. The maximum Gasteiger partial charge on any atom is 0.418 e. The molecule has 9 heteroatoms. The molecule has 1 N–H and O–H groups in total. The van der Waals surface area contributed by atoms with E-state index in [4.69, 9.17) is 0 Å². The zero-order chi connectivity index (χ0) is 15.6. The number of anilines is 1. The number of carbonyl (C=O) groups excluding carboxylic acids is 2. The highest BCUT2D eigenvalue weighted by Gasteiger charge is 2.33. The second kappa shape index (κ2) is 5.68. The van der Waals surface area contributed by atoms with Crippen molar-refractivity contribution in [2.45, 2.75) is 13.1 Å². The predicted octanol–water partition coefficient (Wildman–Crippen LogP) is 2.82. The highest BCUT2D eigenvalue weighted by atomic mass is 32.1. The fourth-order valence-corrected chi connectivity index (χ4v) is 2.46. The number of hydrogen-bond acceptors (Lipinski definition) is 5. The lowest BCUT2D eigenvalue weighted by molar-refractivity contribution is -0.152. The Balaban J connectivity index is 2.32. The number of esters is 1. The lowest BCUT2D eigenvalue weighted by Crippen LogP contribution is -2.24. The number of ether oxygens (including phenoxy) is 1. The largest absolute Gasteiger partial charge is 0.459 e. The smallest absolute Gasteiger partial charge is 0.418 e. The van der Waals surface area contributed by atoms with Crippen LogP contribution in [0.15, 0.2) is 18.2 Å². The number of nitrogens with zero attached hydrogens (tertiary/aromatic N) is 1. The number of rotatable bonds is 2. The minimum absolute atomic E-state index is 0.0182. The van der Waals surface area contributed by atoms with Gasteiger partial charge >= 0.3 is 18.1 Å². The average molecular weight is 318 g/mol. The first-order chi connectivity index (χ1) is 9.82. The summed E-state index contributed by atoms with van der Waals surface area (Å²) in [7, 11) is 0. The number of nitrogens with one attached hydrogen (secondary N) is 1. The quantitative estimate of drug-likeness (QED) is 0.683. The molecule has 0 unspecified atom stereocenters. The summed E-state index contributed by atoms with van der Waals surface area (Å²) in [5.41, 5.74) is -1.16. The summed E-state index contributed by atoms with van der Waals surface area (Å²) in [6.07, 6.45) is -4.55. The zero-order valence-corrected chi connectivity index (χ0v) is 11.5. The van der Waals surface area contributed by atoms with Crippen LogP contribution in [0, 0.1) is 0 Å². The number of thiazole rings is 1. The first-order valence-corrected chi connectivity index (χ1v) is 6.59. The third kappa shape index (κ3) is 3.30. The van der Waals surface area contributed by atoms with E-state index in [-0.39, 0.29) is 22.0 Å². The van der Waals surface area contributed by atoms with Crippen LogP contribution in [0.3, 0.4) is 0 Å². The Hall–Kier alpha value is -2.16. The number of hydrogen-bond donors (Lipinski definition) is 1. The molecule has 0 aliphatic rings. The molecule has 0 atom stereocenters. The van der Waals surface area contributed by atoms with Gasteiger partial charge in [-0.05, 0) is 19.1 Å². The molecule has 0 aliphatic heterocycles. The predicted molar refractivity (Wildman–Crippen MR) is 69.9 cm³/mol. The highest BCUT2D eigenvalue weighted by Crippen LogP contribution is 2.37. The van der Waals surface area contributed by atoms with Crippen LogP contribution in [0.1, 0.15) is 12.5 Å². The number of alkyl halides is 3. The summed E-state index contributed by atoms with van der Waals surface area (Å²) < 4.78 is 43.2. The van der Waals surface area contributed by atoms with Gasteiger partial charge in [-0.2, -0.15) is 13.2 Å². The van der Waals surface area contributed by atoms with Crippen molar-refractivity contribution in [1.29, 1.82) is 0 Å². The summed E-state index contributed by atoms with van der Waals surface area (Å²) in [5.74, 6) is -2.20. The van der Waals surface area contributed by atoms with Gasteiger partial charge in [-0.3, -0.25) is 10.1 Å². The second-order valence-electron chi connectivity index (χ2n) is 3.84. The topological polar surface area (TPSA) is 68.3 Å². The third-order valence-electron chi connectivity index (χ3n) is 2.41. The van der Waals surface area contributed by atoms with E-state index in [0.29, 0.717) is 0 Å². The maximum absolute atomic E-state index is 12.8. The number of benzene rings is 1. The Kier molecular flexibility index (Phi) is 4.12. The SMILES string of the molecule is CCOC(=O)C(=O)Nc1nc2c(C(F)(F)F)cccc2s1. The van der Waals surface area contributed by atoms with E-state index in [2.05, 4.69) is 15.0 Å². The molecule has 0 aliphatic carbocycles. The Morgan fingerprint density at radius 1 is 1.38 bits per heavy atom. The van der Waals surface area contributed by atoms with E-state index in [0.717, 1.165) is 17.4 Å². The molecule has 0 spiro atoms. The van der Waals surface area contributed by atoms with Gasteiger partial charge in [-0.25, -0.2) is 9.78 Å². The van der Waals surface area contributed by atoms with Crippen LogP contribution in [0.25, 0.3) is 10.2 Å². The minimum Gasteiger partial charge on any atom is -0.459 e. The fourth-order valence-electron chi connectivity index (χ4n) is 1.58. The Morgan fingerprint density at radius 2 is 2.10 bits per heavy atom. The molecule has 0 bridgehead atoms. The van der Waals surface area contributed by atoms with E-state index < -0.39 is 23.6 Å². The molecule has 5 nitrogen and oxygen atoms in total. The van der Waals surface area contributed by atoms with Crippen LogP contribution in [0.2, 0.25) is 0 Å².